The molecule has 0 atom stereocenters. The molecule has 2 N–H and O–H groups in total. The zero-order chi connectivity index (χ0) is 12.8. The van der Waals surface area contributed by atoms with Gasteiger partial charge in [0.25, 0.3) is 0 Å². The van der Waals surface area contributed by atoms with Gasteiger partial charge in [0.1, 0.15) is 0 Å². The van der Waals surface area contributed by atoms with E-state index < -0.39 is 0 Å². The van der Waals surface area contributed by atoms with E-state index in [4.69, 9.17) is 11.6 Å². The normalized spacial score (nSPS) is 10.3. The molecule has 0 radical (unpaired) electrons. The Morgan fingerprint density at radius 3 is 2.67 bits per heavy atom. The number of thiophene rings is 1. The molecule has 2 aromatic heterocycles. The van der Waals surface area contributed by atoms with E-state index in [2.05, 4.69) is 37.0 Å². The second kappa shape index (κ2) is 6.51. The molecule has 0 bridgehead atoms. The molecule has 7 heteroatoms. The zero-order valence-electron chi connectivity index (χ0n) is 9.98. The molecule has 96 valence electrons. The largest absolute Gasteiger partial charge is 0.354 e. The van der Waals surface area contributed by atoms with Gasteiger partial charge in [-0.25, -0.2) is 0 Å². The summed E-state index contributed by atoms with van der Waals surface area (Å²) in [5, 5.41) is 8.41. The molecule has 2 aromatic rings. The minimum absolute atomic E-state index is 0.194. The Morgan fingerprint density at radius 2 is 2.00 bits per heavy atom. The predicted molar refractivity (Wildman–Crippen MR) is 75.5 cm³/mol. The van der Waals surface area contributed by atoms with E-state index in [9.17, 15) is 0 Å². The van der Waals surface area contributed by atoms with Gasteiger partial charge in [0, 0.05) is 18.0 Å². The van der Waals surface area contributed by atoms with Crippen LogP contribution >= 0.6 is 22.9 Å². The van der Waals surface area contributed by atoms with Crippen molar-refractivity contribution in [1.29, 1.82) is 0 Å². The standard InChI is InChI=1S/C11H14ClN5S/c1-2-13-10-15-9(12)16-11(17-10)14-6-5-8-4-3-7-18-8/h3-4,7H,2,5-6H2,1H3,(H2,13,14,15,16,17). The van der Waals surface area contributed by atoms with Crippen LogP contribution in [0.5, 0.6) is 0 Å². The van der Waals surface area contributed by atoms with Gasteiger partial charge in [-0.15, -0.1) is 11.3 Å². The fourth-order valence-corrected chi connectivity index (χ4v) is 2.29. The monoisotopic (exact) mass is 283 g/mol. The third kappa shape index (κ3) is 3.82. The van der Waals surface area contributed by atoms with Gasteiger partial charge in [-0.1, -0.05) is 6.07 Å². The van der Waals surface area contributed by atoms with Crippen molar-refractivity contribution >= 4 is 34.8 Å². The Kier molecular flexibility index (Phi) is 4.72. The van der Waals surface area contributed by atoms with E-state index in [1.807, 2.05) is 13.0 Å². The van der Waals surface area contributed by atoms with Crippen LogP contribution in [0.2, 0.25) is 5.28 Å². The molecule has 18 heavy (non-hydrogen) atoms. The third-order valence-corrected chi connectivity index (χ3v) is 3.28. The van der Waals surface area contributed by atoms with Crippen LogP contribution < -0.4 is 10.6 Å². The molecule has 0 amide bonds. The number of rotatable bonds is 6. The minimum Gasteiger partial charge on any atom is -0.354 e. The van der Waals surface area contributed by atoms with E-state index >= 15 is 0 Å². The van der Waals surface area contributed by atoms with Gasteiger partial charge in [-0.05, 0) is 36.4 Å². The number of hydrogen-bond donors (Lipinski definition) is 2. The fraction of sp³-hybridized carbons (Fsp3) is 0.364. The molecule has 0 aliphatic carbocycles. The van der Waals surface area contributed by atoms with E-state index in [-0.39, 0.29) is 5.28 Å². The molecule has 0 aliphatic rings. The first kappa shape index (κ1) is 13.0. The van der Waals surface area contributed by atoms with Gasteiger partial charge < -0.3 is 10.6 Å². The topological polar surface area (TPSA) is 62.7 Å². The molecule has 0 aliphatic heterocycles. The summed E-state index contributed by atoms with van der Waals surface area (Å²) in [5.41, 5.74) is 0. The van der Waals surface area contributed by atoms with Crippen LogP contribution in [0.25, 0.3) is 0 Å². The summed E-state index contributed by atoms with van der Waals surface area (Å²) in [6, 6.07) is 4.15. The van der Waals surface area contributed by atoms with Gasteiger partial charge in [0.15, 0.2) is 0 Å². The quantitative estimate of drug-likeness (QED) is 0.853. The summed E-state index contributed by atoms with van der Waals surface area (Å²) in [6.07, 6.45) is 0.942. The minimum atomic E-state index is 0.194. The number of nitrogens with zero attached hydrogens (tertiary/aromatic N) is 3. The predicted octanol–water partition coefficient (Wildman–Crippen LogP) is 2.67. The molecular weight excluding hydrogens is 270 g/mol. The van der Waals surface area contributed by atoms with E-state index in [0.717, 1.165) is 19.5 Å². The average Bonchev–Trinajstić information content (AvgIpc) is 2.82. The first-order chi connectivity index (χ1) is 8.78. The molecule has 0 fully saturated rings. The number of anilines is 2. The van der Waals surface area contributed by atoms with E-state index in [1.54, 1.807) is 11.3 Å². The first-order valence-corrected chi connectivity index (χ1v) is 6.95. The highest BCUT2D eigenvalue weighted by molar-refractivity contribution is 7.09. The van der Waals surface area contributed by atoms with Crippen LogP contribution in [0, 0.1) is 0 Å². The molecule has 5 nitrogen and oxygen atoms in total. The van der Waals surface area contributed by atoms with Crippen molar-refractivity contribution in [3.8, 4) is 0 Å². The maximum atomic E-state index is 5.82. The van der Waals surface area contributed by atoms with Gasteiger partial charge in [-0.2, -0.15) is 15.0 Å². The van der Waals surface area contributed by atoms with Crippen molar-refractivity contribution in [2.45, 2.75) is 13.3 Å². The summed E-state index contributed by atoms with van der Waals surface area (Å²) in [7, 11) is 0. The first-order valence-electron chi connectivity index (χ1n) is 5.69. The number of nitrogens with one attached hydrogen (secondary N) is 2. The van der Waals surface area contributed by atoms with Crippen LogP contribution in [-0.4, -0.2) is 28.0 Å². The van der Waals surface area contributed by atoms with Crippen LogP contribution in [0.1, 0.15) is 11.8 Å². The smallest absolute Gasteiger partial charge is 0.228 e. The lowest BCUT2D eigenvalue weighted by Gasteiger charge is -2.06. The van der Waals surface area contributed by atoms with Gasteiger partial charge >= 0.3 is 0 Å². The second-order valence-electron chi connectivity index (χ2n) is 3.54. The van der Waals surface area contributed by atoms with Crippen molar-refractivity contribution in [2.24, 2.45) is 0 Å². The highest BCUT2D eigenvalue weighted by Gasteiger charge is 2.03. The summed E-state index contributed by atoms with van der Waals surface area (Å²) in [4.78, 5) is 13.6. The molecular formula is C11H14ClN5S. The van der Waals surface area contributed by atoms with E-state index in [1.165, 1.54) is 4.88 Å². The molecule has 0 saturated heterocycles. The lowest BCUT2D eigenvalue weighted by Crippen LogP contribution is -2.10. The molecule has 2 rings (SSSR count). The number of hydrogen-bond acceptors (Lipinski definition) is 6. The average molecular weight is 284 g/mol. The van der Waals surface area contributed by atoms with Crippen LogP contribution in [0.3, 0.4) is 0 Å². The van der Waals surface area contributed by atoms with Crippen molar-refractivity contribution in [1.82, 2.24) is 15.0 Å². The Hall–Kier alpha value is -1.40. The van der Waals surface area contributed by atoms with Crippen molar-refractivity contribution in [3.05, 3.63) is 27.7 Å². The fourth-order valence-electron chi connectivity index (χ4n) is 1.42. The number of halogens is 1. The van der Waals surface area contributed by atoms with Gasteiger partial charge in [-0.3, -0.25) is 0 Å². The Labute approximate surface area is 115 Å². The lowest BCUT2D eigenvalue weighted by atomic mass is 10.3. The summed E-state index contributed by atoms with van der Waals surface area (Å²) in [5.74, 6) is 0.999. The molecule has 0 unspecified atom stereocenters. The summed E-state index contributed by atoms with van der Waals surface area (Å²) >= 11 is 7.56. The summed E-state index contributed by atoms with van der Waals surface area (Å²) in [6.45, 7) is 3.49. The second-order valence-corrected chi connectivity index (χ2v) is 4.91. The molecule has 0 saturated carbocycles. The molecule has 2 heterocycles. The Morgan fingerprint density at radius 1 is 1.22 bits per heavy atom. The Bertz CT molecular complexity index is 488. The lowest BCUT2D eigenvalue weighted by molar-refractivity contribution is 0.966. The highest BCUT2D eigenvalue weighted by Crippen LogP contribution is 2.11. The van der Waals surface area contributed by atoms with Crippen LogP contribution in [-0.2, 0) is 6.42 Å². The van der Waals surface area contributed by atoms with Gasteiger partial charge in [0.05, 0.1) is 0 Å². The number of aromatic nitrogens is 3. The van der Waals surface area contributed by atoms with Gasteiger partial charge in [0.2, 0.25) is 17.2 Å². The summed E-state index contributed by atoms with van der Waals surface area (Å²) < 4.78 is 0. The third-order valence-electron chi connectivity index (χ3n) is 2.18. The van der Waals surface area contributed by atoms with Crippen molar-refractivity contribution in [2.75, 3.05) is 23.7 Å². The maximum absolute atomic E-state index is 5.82. The Balaban J connectivity index is 1.92. The van der Waals surface area contributed by atoms with Crippen molar-refractivity contribution in [3.63, 3.8) is 0 Å². The van der Waals surface area contributed by atoms with E-state index in [0.29, 0.717) is 11.9 Å². The SMILES string of the molecule is CCNc1nc(Cl)nc(NCCc2cccs2)n1. The zero-order valence-corrected chi connectivity index (χ0v) is 11.6. The molecule has 0 spiro atoms. The van der Waals surface area contributed by atoms with Crippen molar-refractivity contribution < 1.29 is 0 Å². The molecule has 0 aromatic carbocycles. The van der Waals surface area contributed by atoms with Crippen LogP contribution in [0.15, 0.2) is 17.5 Å². The van der Waals surface area contributed by atoms with Crippen LogP contribution in [0.4, 0.5) is 11.9 Å². The highest BCUT2D eigenvalue weighted by atomic mass is 35.5. The maximum Gasteiger partial charge on any atom is 0.228 e.